The first kappa shape index (κ1) is 17.9. The minimum Gasteiger partial charge on any atom is -0.315 e. The van der Waals surface area contributed by atoms with Crippen LogP contribution in [0.2, 0.25) is 0 Å². The summed E-state index contributed by atoms with van der Waals surface area (Å²) in [5, 5.41) is 7.02. The van der Waals surface area contributed by atoms with Crippen molar-refractivity contribution in [3.05, 3.63) is 0 Å². The van der Waals surface area contributed by atoms with Gasteiger partial charge < -0.3 is 10.6 Å². The molecular weight excluding hydrogens is 220 g/mol. The van der Waals surface area contributed by atoms with E-state index in [1.807, 2.05) is 0 Å². The van der Waals surface area contributed by atoms with Crippen LogP contribution in [-0.4, -0.2) is 26.2 Å². The van der Waals surface area contributed by atoms with Gasteiger partial charge in [0.15, 0.2) is 0 Å². The molecule has 0 saturated heterocycles. The third kappa shape index (κ3) is 15.9. The van der Waals surface area contributed by atoms with E-state index in [4.69, 9.17) is 0 Å². The highest BCUT2D eigenvalue weighted by molar-refractivity contribution is 4.53. The van der Waals surface area contributed by atoms with Crippen LogP contribution in [-0.2, 0) is 0 Å². The molecule has 0 fully saturated rings. The van der Waals surface area contributed by atoms with Crippen molar-refractivity contribution in [3.8, 4) is 0 Å². The molecule has 0 spiro atoms. The fourth-order valence-corrected chi connectivity index (χ4v) is 2.13. The van der Waals surface area contributed by atoms with E-state index in [0.717, 1.165) is 13.1 Å². The summed E-state index contributed by atoms with van der Waals surface area (Å²) in [5.74, 6) is 0. The van der Waals surface area contributed by atoms with Crippen LogP contribution in [0.3, 0.4) is 0 Å². The lowest BCUT2D eigenvalue weighted by atomic mass is 10.1. The van der Waals surface area contributed by atoms with Gasteiger partial charge in [0.05, 0.1) is 0 Å². The Hall–Kier alpha value is -0.0800. The molecule has 0 amide bonds. The van der Waals surface area contributed by atoms with Gasteiger partial charge in [-0.1, -0.05) is 65.2 Å². The molecule has 2 N–H and O–H groups in total. The summed E-state index contributed by atoms with van der Waals surface area (Å²) < 4.78 is 0. The monoisotopic (exact) mass is 256 g/mol. The lowest BCUT2D eigenvalue weighted by Gasteiger charge is -2.06. The van der Waals surface area contributed by atoms with Gasteiger partial charge in [0.25, 0.3) is 0 Å². The standard InChI is InChI=1S/C16H36N2/c1-3-5-7-9-11-13-17-15-16-18-14-12-10-8-6-4-2/h17-18H,3-16H2,1-2H3. The lowest BCUT2D eigenvalue weighted by molar-refractivity contribution is 0.547. The van der Waals surface area contributed by atoms with E-state index in [2.05, 4.69) is 24.5 Å². The van der Waals surface area contributed by atoms with Gasteiger partial charge in [-0.05, 0) is 25.9 Å². The second kappa shape index (κ2) is 16.9. The van der Waals surface area contributed by atoms with Crippen LogP contribution >= 0.6 is 0 Å². The Balaban J connectivity index is 2.86. The summed E-state index contributed by atoms with van der Waals surface area (Å²) in [6, 6.07) is 0. The fraction of sp³-hybridized carbons (Fsp3) is 1.00. The average Bonchev–Trinajstić information content (AvgIpc) is 2.39. The summed E-state index contributed by atoms with van der Waals surface area (Å²) in [6.45, 7) is 9.19. The zero-order chi connectivity index (χ0) is 13.3. The average molecular weight is 256 g/mol. The summed E-state index contributed by atoms with van der Waals surface area (Å²) in [6.07, 6.45) is 13.8. The van der Waals surface area contributed by atoms with Crippen molar-refractivity contribution in [2.24, 2.45) is 0 Å². The van der Waals surface area contributed by atoms with E-state index in [0.29, 0.717) is 0 Å². The Morgan fingerprint density at radius 3 is 1.22 bits per heavy atom. The highest BCUT2D eigenvalue weighted by atomic mass is 14.9. The quantitative estimate of drug-likeness (QED) is 0.431. The van der Waals surface area contributed by atoms with Crippen molar-refractivity contribution in [3.63, 3.8) is 0 Å². The van der Waals surface area contributed by atoms with Crippen LogP contribution in [0.1, 0.15) is 78.1 Å². The van der Waals surface area contributed by atoms with E-state index in [1.165, 1.54) is 77.3 Å². The molecule has 0 atom stereocenters. The molecule has 0 aliphatic rings. The zero-order valence-corrected chi connectivity index (χ0v) is 12.9. The number of rotatable bonds is 15. The minimum absolute atomic E-state index is 1.13. The lowest BCUT2D eigenvalue weighted by Crippen LogP contribution is -2.28. The topological polar surface area (TPSA) is 24.1 Å². The van der Waals surface area contributed by atoms with Crippen molar-refractivity contribution >= 4 is 0 Å². The van der Waals surface area contributed by atoms with Crippen LogP contribution in [0.25, 0.3) is 0 Å². The number of hydrogen-bond acceptors (Lipinski definition) is 2. The Kier molecular flexibility index (Phi) is 16.8. The molecule has 0 aromatic rings. The molecule has 0 aliphatic heterocycles. The van der Waals surface area contributed by atoms with Crippen LogP contribution < -0.4 is 10.6 Å². The van der Waals surface area contributed by atoms with E-state index in [1.54, 1.807) is 0 Å². The van der Waals surface area contributed by atoms with E-state index >= 15 is 0 Å². The molecule has 18 heavy (non-hydrogen) atoms. The molecule has 0 rings (SSSR count). The van der Waals surface area contributed by atoms with E-state index in [-0.39, 0.29) is 0 Å². The van der Waals surface area contributed by atoms with Gasteiger partial charge in [-0.2, -0.15) is 0 Å². The largest absolute Gasteiger partial charge is 0.315 e. The predicted octanol–water partition coefficient (Wildman–Crippen LogP) is 4.11. The van der Waals surface area contributed by atoms with Gasteiger partial charge in [0.2, 0.25) is 0 Å². The third-order valence-electron chi connectivity index (χ3n) is 3.39. The Labute approximate surface area is 115 Å². The smallest absolute Gasteiger partial charge is 0.00767 e. The van der Waals surface area contributed by atoms with E-state index in [9.17, 15) is 0 Å². The van der Waals surface area contributed by atoms with Crippen LogP contribution in [0.5, 0.6) is 0 Å². The van der Waals surface area contributed by atoms with E-state index < -0.39 is 0 Å². The van der Waals surface area contributed by atoms with Crippen molar-refractivity contribution in [2.75, 3.05) is 26.2 Å². The van der Waals surface area contributed by atoms with Crippen molar-refractivity contribution < 1.29 is 0 Å². The van der Waals surface area contributed by atoms with Crippen LogP contribution in [0.15, 0.2) is 0 Å². The predicted molar refractivity (Wildman–Crippen MR) is 83.3 cm³/mol. The maximum absolute atomic E-state index is 3.51. The normalized spacial score (nSPS) is 11.0. The summed E-state index contributed by atoms with van der Waals surface area (Å²) >= 11 is 0. The summed E-state index contributed by atoms with van der Waals surface area (Å²) in [4.78, 5) is 0. The number of nitrogens with one attached hydrogen (secondary N) is 2. The first-order valence-electron chi connectivity index (χ1n) is 8.33. The first-order chi connectivity index (χ1) is 8.91. The Morgan fingerprint density at radius 1 is 0.444 bits per heavy atom. The molecule has 0 aliphatic carbocycles. The second-order valence-electron chi connectivity index (χ2n) is 5.33. The Morgan fingerprint density at radius 2 is 0.833 bits per heavy atom. The summed E-state index contributed by atoms with van der Waals surface area (Å²) in [7, 11) is 0. The van der Waals surface area contributed by atoms with Crippen LogP contribution in [0.4, 0.5) is 0 Å². The molecule has 0 heterocycles. The molecule has 0 bridgehead atoms. The van der Waals surface area contributed by atoms with Gasteiger partial charge in [-0.3, -0.25) is 0 Å². The van der Waals surface area contributed by atoms with Gasteiger partial charge in [-0.15, -0.1) is 0 Å². The second-order valence-corrected chi connectivity index (χ2v) is 5.33. The number of unbranched alkanes of at least 4 members (excludes halogenated alkanes) is 8. The highest BCUT2D eigenvalue weighted by Gasteiger charge is 1.91. The molecular formula is C16H36N2. The maximum atomic E-state index is 3.51. The van der Waals surface area contributed by atoms with Gasteiger partial charge >= 0.3 is 0 Å². The number of hydrogen-bond donors (Lipinski definition) is 2. The zero-order valence-electron chi connectivity index (χ0n) is 12.9. The molecule has 0 saturated carbocycles. The molecule has 0 aromatic heterocycles. The molecule has 2 heteroatoms. The van der Waals surface area contributed by atoms with Gasteiger partial charge in [-0.25, -0.2) is 0 Å². The SMILES string of the molecule is CCCCCCCNCCNCCCCCCC. The third-order valence-corrected chi connectivity index (χ3v) is 3.39. The van der Waals surface area contributed by atoms with Crippen LogP contribution in [0, 0.1) is 0 Å². The van der Waals surface area contributed by atoms with Crippen molar-refractivity contribution in [1.29, 1.82) is 0 Å². The molecule has 2 nitrogen and oxygen atoms in total. The molecule has 0 aromatic carbocycles. The highest BCUT2D eigenvalue weighted by Crippen LogP contribution is 2.01. The van der Waals surface area contributed by atoms with Crippen molar-refractivity contribution in [2.45, 2.75) is 78.1 Å². The minimum atomic E-state index is 1.13. The van der Waals surface area contributed by atoms with Crippen molar-refractivity contribution in [1.82, 2.24) is 10.6 Å². The first-order valence-corrected chi connectivity index (χ1v) is 8.33. The molecule has 110 valence electrons. The molecule has 0 unspecified atom stereocenters. The van der Waals surface area contributed by atoms with Gasteiger partial charge in [0.1, 0.15) is 0 Å². The molecule has 0 radical (unpaired) electrons. The summed E-state index contributed by atoms with van der Waals surface area (Å²) in [5.41, 5.74) is 0. The maximum Gasteiger partial charge on any atom is 0.00767 e. The fourth-order valence-electron chi connectivity index (χ4n) is 2.13. The van der Waals surface area contributed by atoms with Gasteiger partial charge in [0, 0.05) is 13.1 Å². The Bertz CT molecular complexity index is 121.